The molecular formula is C24H30NO5-. The van der Waals surface area contributed by atoms with Crippen LogP contribution in [0.5, 0.6) is 0 Å². The van der Waals surface area contributed by atoms with Crippen molar-refractivity contribution in [1.29, 1.82) is 5.26 Å². The van der Waals surface area contributed by atoms with Gasteiger partial charge in [0.1, 0.15) is 6.07 Å². The van der Waals surface area contributed by atoms with E-state index >= 15 is 0 Å². The van der Waals surface area contributed by atoms with Gasteiger partial charge in [-0.3, -0.25) is 9.59 Å². The van der Waals surface area contributed by atoms with Crippen molar-refractivity contribution in [3.63, 3.8) is 0 Å². The average Bonchev–Trinajstić information content (AvgIpc) is 2.99. The van der Waals surface area contributed by atoms with Crippen LogP contribution in [0, 0.1) is 39.9 Å². The van der Waals surface area contributed by atoms with Crippen molar-refractivity contribution in [1.82, 2.24) is 0 Å². The van der Waals surface area contributed by atoms with E-state index in [-0.39, 0.29) is 17.6 Å². The van der Waals surface area contributed by atoms with Crippen molar-refractivity contribution in [3.05, 3.63) is 11.6 Å². The molecule has 6 heteroatoms. The van der Waals surface area contributed by atoms with Crippen LogP contribution < -0.4 is 5.11 Å². The zero-order valence-electron chi connectivity index (χ0n) is 17.9. The van der Waals surface area contributed by atoms with Crippen molar-refractivity contribution in [3.8, 4) is 6.07 Å². The van der Waals surface area contributed by atoms with Crippen LogP contribution in [-0.4, -0.2) is 23.3 Å². The summed E-state index contributed by atoms with van der Waals surface area (Å²) in [5.41, 5.74) is -0.254. The van der Waals surface area contributed by atoms with E-state index in [1.807, 2.05) is 6.08 Å². The minimum absolute atomic E-state index is 0.0568. The number of aliphatic carboxylic acids is 1. The number of fused-ring (bicyclic) bond motifs is 5. The molecular weight excluding hydrogens is 382 g/mol. The Labute approximate surface area is 177 Å². The Bertz CT molecular complexity index is 856. The molecule has 30 heavy (non-hydrogen) atoms. The standard InChI is InChI=1S/C24H31NO5/c1-22-10-7-16(26)13-15(22)3-4-17-18(22)8-11-23(2)19(17)9-12-24(23,14-25)30-21(29)6-5-20(27)28/h13,17-19H,3-12H2,1-2H3,(H,27,28)/p-1/t17-,18+,19-,22+,23-,24+/m0/s1. The Morgan fingerprint density at radius 2 is 1.87 bits per heavy atom. The number of esters is 1. The topological polar surface area (TPSA) is 107 Å². The molecule has 0 saturated heterocycles. The zero-order valence-corrected chi connectivity index (χ0v) is 17.9. The lowest BCUT2D eigenvalue weighted by molar-refractivity contribution is -0.305. The molecule has 0 spiro atoms. The number of rotatable bonds is 4. The van der Waals surface area contributed by atoms with Gasteiger partial charge >= 0.3 is 5.97 Å². The number of allylic oxidation sites excluding steroid dienone is 1. The number of nitriles is 1. The summed E-state index contributed by atoms with van der Waals surface area (Å²) in [6.07, 6.45) is 7.80. The maximum atomic E-state index is 12.3. The molecule has 3 saturated carbocycles. The van der Waals surface area contributed by atoms with Gasteiger partial charge in [-0.1, -0.05) is 19.4 Å². The summed E-state index contributed by atoms with van der Waals surface area (Å²) in [5, 5.41) is 20.8. The van der Waals surface area contributed by atoms with Crippen LogP contribution in [0.15, 0.2) is 11.6 Å². The Morgan fingerprint density at radius 1 is 1.13 bits per heavy atom. The van der Waals surface area contributed by atoms with Gasteiger partial charge in [0, 0.05) is 24.2 Å². The highest BCUT2D eigenvalue weighted by atomic mass is 16.6. The van der Waals surface area contributed by atoms with Gasteiger partial charge in [-0.2, -0.15) is 5.26 Å². The lowest BCUT2D eigenvalue weighted by Crippen LogP contribution is -2.55. The smallest absolute Gasteiger partial charge is 0.307 e. The molecule has 0 aromatic carbocycles. The molecule has 0 aliphatic heterocycles. The van der Waals surface area contributed by atoms with Crippen LogP contribution in [0.25, 0.3) is 0 Å². The number of carboxylic acid groups (broad SMARTS) is 1. The molecule has 0 aromatic rings. The molecule has 0 unspecified atom stereocenters. The molecule has 4 aliphatic carbocycles. The van der Waals surface area contributed by atoms with Gasteiger partial charge < -0.3 is 14.6 Å². The Morgan fingerprint density at radius 3 is 2.57 bits per heavy atom. The lowest BCUT2D eigenvalue weighted by Gasteiger charge is -2.58. The highest BCUT2D eigenvalue weighted by Crippen LogP contribution is 2.68. The van der Waals surface area contributed by atoms with E-state index in [1.165, 1.54) is 5.57 Å². The third-order valence-corrected chi connectivity index (χ3v) is 9.08. The highest BCUT2D eigenvalue weighted by Gasteiger charge is 2.66. The quantitative estimate of drug-likeness (QED) is 0.657. The predicted molar refractivity (Wildman–Crippen MR) is 105 cm³/mol. The number of ether oxygens (including phenoxy) is 1. The third kappa shape index (κ3) is 3.01. The van der Waals surface area contributed by atoms with Gasteiger partial charge in [0.2, 0.25) is 5.60 Å². The monoisotopic (exact) mass is 412 g/mol. The SMILES string of the molecule is C[C@]12CC[C@@H]3[C@H](CCC4=CC(=O)CC[C@]43C)[C@@H]1CC[C@]2(C#N)OC(=O)CCC(=O)[O-]. The van der Waals surface area contributed by atoms with Crippen LogP contribution in [0.1, 0.15) is 78.1 Å². The fourth-order valence-corrected chi connectivity index (χ4v) is 7.38. The molecule has 0 N–H and O–H groups in total. The maximum absolute atomic E-state index is 12.3. The summed E-state index contributed by atoms with van der Waals surface area (Å²) < 4.78 is 5.75. The van der Waals surface area contributed by atoms with Crippen molar-refractivity contribution < 1.29 is 24.2 Å². The summed E-state index contributed by atoms with van der Waals surface area (Å²) in [6.45, 7) is 4.41. The number of carbonyl (C=O) groups is 3. The largest absolute Gasteiger partial charge is 0.550 e. The molecule has 0 bridgehead atoms. The van der Waals surface area contributed by atoms with Crippen LogP contribution in [0.2, 0.25) is 0 Å². The third-order valence-electron chi connectivity index (χ3n) is 9.08. The fraction of sp³-hybridized carbons (Fsp3) is 0.750. The second kappa shape index (κ2) is 7.21. The number of ketones is 1. The van der Waals surface area contributed by atoms with Gasteiger partial charge in [0.25, 0.3) is 0 Å². The molecule has 6 nitrogen and oxygen atoms in total. The van der Waals surface area contributed by atoms with Crippen molar-refractivity contribution >= 4 is 17.7 Å². The first-order chi connectivity index (χ1) is 14.1. The van der Waals surface area contributed by atoms with Crippen LogP contribution in [0.3, 0.4) is 0 Å². The van der Waals surface area contributed by atoms with Crippen molar-refractivity contribution in [2.75, 3.05) is 0 Å². The minimum Gasteiger partial charge on any atom is -0.550 e. The number of carboxylic acids is 1. The summed E-state index contributed by atoms with van der Waals surface area (Å²) in [7, 11) is 0. The maximum Gasteiger partial charge on any atom is 0.307 e. The molecule has 162 valence electrons. The van der Waals surface area contributed by atoms with E-state index in [2.05, 4.69) is 19.9 Å². The number of nitrogens with zero attached hydrogens (tertiary/aromatic N) is 1. The Hall–Kier alpha value is -2.16. The lowest BCUT2D eigenvalue weighted by atomic mass is 9.46. The van der Waals surface area contributed by atoms with Crippen molar-refractivity contribution in [2.45, 2.75) is 83.7 Å². The Balaban J connectivity index is 1.58. The predicted octanol–water partition coefficient (Wildman–Crippen LogP) is 2.85. The van der Waals surface area contributed by atoms with Crippen LogP contribution >= 0.6 is 0 Å². The van der Waals surface area contributed by atoms with E-state index in [4.69, 9.17) is 4.74 Å². The van der Waals surface area contributed by atoms with E-state index in [1.54, 1.807) is 0 Å². The molecule has 4 aliphatic rings. The van der Waals surface area contributed by atoms with Crippen LogP contribution in [-0.2, 0) is 19.1 Å². The number of hydrogen-bond donors (Lipinski definition) is 0. The molecule has 3 fully saturated rings. The summed E-state index contributed by atoms with van der Waals surface area (Å²) >= 11 is 0. The fourth-order valence-electron chi connectivity index (χ4n) is 7.38. The van der Waals surface area contributed by atoms with Crippen LogP contribution in [0.4, 0.5) is 0 Å². The van der Waals surface area contributed by atoms with E-state index < -0.39 is 29.4 Å². The normalized spacial score (nSPS) is 42.2. The second-order valence-electron chi connectivity index (χ2n) is 10.2. The molecule has 0 amide bonds. The molecule has 0 heterocycles. The van der Waals surface area contributed by atoms with Gasteiger partial charge in [0.05, 0.1) is 6.42 Å². The van der Waals surface area contributed by atoms with Gasteiger partial charge in [0.15, 0.2) is 5.78 Å². The first kappa shape index (κ1) is 21.1. The zero-order chi connectivity index (χ0) is 21.7. The van der Waals surface area contributed by atoms with Crippen molar-refractivity contribution in [2.24, 2.45) is 28.6 Å². The summed E-state index contributed by atoms with van der Waals surface area (Å²) in [4.78, 5) is 35.0. The summed E-state index contributed by atoms with van der Waals surface area (Å²) in [6, 6.07) is 2.34. The van der Waals surface area contributed by atoms with Gasteiger partial charge in [-0.15, -0.1) is 0 Å². The van der Waals surface area contributed by atoms with Gasteiger partial charge in [-0.25, -0.2) is 0 Å². The minimum atomic E-state index is -1.29. The highest BCUT2D eigenvalue weighted by molar-refractivity contribution is 5.91. The first-order valence-corrected chi connectivity index (χ1v) is 11.2. The van der Waals surface area contributed by atoms with E-state index in [9.17, 15) is 24.8 Å². The second-order valence-corrected chi connectivity index (χ2v) is 10.2. The molecule has 4 rings (SSSR count). The summed E-state index contributed by atoms with van der Waals surface area (Å²) in [5.74, 6) is -0.436. The molecule has 6 atom stereocenters. The Kier molecular flexibility index (Phi) is 5.07. The number of hydrogen-bond acceptors (Lipinski definition) is 6. The first-order valence-electron chi connectivity index (χ1n) is 11.2. The molecule has 0 radical (unpaired) electrons. The van der Waals surface area contributed by atoms with Gasteiger partial charge in [-0.05, 0) is 74.2 Å². The average molecular weight is 413 g/mol. The molecule has 0 aromatic heterocycles. The number of carbonyl (C=O) groups excluding carboxylic acids is 3. The van der Waals surface area contributed by atoms with E-state index in [0.717, 1.165) is 38.5 Å². The van der Waals surface area contributed by atoms with E-state index in [0.29, 0.717) is 30.6 Å².